The number of benzene rings is 1. The molecule has 0 fully saturated rings. The van der Waals surface area contributed by atoms with Gasteiger partial charge in [0.2, 0.25) is 0 Å². The molecule has 1 nitrogen and oxygen atoms in total. The van der Waals surface area contributed by atoms with E-state index in [9.17, 15) is 0 Å². The van der Waals surface area contributed by atoms with Crippen molar-refractivity contribution in [2.24, 2.45) is 0 Å². The first-order chi connectivity index (χ1) is 5.59. The molecule has 1 rings (SSSR count). The smallest absolute Gasteiger partial charge is 0.133 e. The highest BCUT2D eigenvalue weighted by Gasteiger charge is 2.02. The average Bonchev–Trinajstić information content (AvgIpc) is 1.94. The molecule has 0 unspecified atom stereocenters. The van der Waals surface area contributed by atoms with E-state index in [0.29, 0.717) is 0 Å². The van der Waals surface area contributed by atoms with Crippen LogP contribution in [0.15, 0.2) is 22.7 Å². The summed E-state index contributed by atoms with van der Waals surface area (Å²) in [6.07, 6.45) is 0.236. The van der Waals surface area contributed by atoms with Gasteiger partial charge in [-0.2, -0.15) is 0 Å². The molecule has 0 N–H and O–H groups in total. The van der Waals surface area contributed by atoms with Crippen LogP contribution in [-0.2, 0) is 0 Å². The van der Waals surface area contributed by atoms with Gasteiger partial charge in [-0.15, -0.1) is 0 Å². The van der Waals surface area contributed by atoms with Crippen LogP contribution in [0.5, 0.6) is 5.75 Å². The lowest BCUT2D eigenvalue weighted by Crippen LogP contribution is -2.06. The van der Waals surface area contributed by atoms with Crippen molar-refractivity contribution in [1.82, 2.24) is 0 Å². The highest BCUT2D eigenvalue weighted by Crippen LogP contribution is 2.25. The van der Waals surface area contributed by atoms with Gasteiger partial charge in [-0.1, -0.05) is 15.9 Å². The van der Waals surface area contributed by atoms with E-state index in [1.807, 2.05) is 32.0 Å². The van der Waals surface area contributed by atoms with Crippen LogP contribution in [-0.4, -0.2) is 6.10 Å². The summed E-state index contributed by atoms with van der Waals surface area (Å²) < 4.78 is 7.79. The number of hydrogen-bond donors (Lipinski definition) is 0. The third-order valence-corrected chi connectivity index (χ3v) is 2.59. The van der Waals surface area contributed by atoms with Crippen molar-refractivity contribution >= 4 is 38.5 Å². The van der Waals surface area contributed by atoms with Crippen molar-refractivity contribution in [2.75, 3.05) is 0 Å². The van der Waals surface area contributed by atoms with Crippen molar-refractivity contribution in [1.29, 1.82) is 0 Å². The third kappa shape index (κ3) is 2.94. The van der Waals surface area contributed by atoms with Crippen LogP contribution in [0.4, 0.5) is 0 Å². The van der Waals surface area contributed by atoms with Crippen LogP contribution in [0, 0.1) is 3.57 Å². The van der Waals surface area contributed by atoms with Gasteiger partial charge in [-0.3, -0.25) is 0 Å². The van der Waals surface area contributed by atoms with Gasteiger partial charge in [0.25, 0.3) is 0 Å². The van der Waals surface area contributed by atoms with E-state index in [1.54, 1.807) is 0 Å². The molecule has 0 saturated carbocycles. The highest BCUT2D eigenvalue weighted by molar-refractivity contribution is 14.1. The van der Waals surface area contributed by atoms with Crippen molar-refractivity contribution in [2.45, 2.75) is 20.0 Å². The monoisotopic (exact) mass is 340 g/mol. The van der Waals surface area contributed by atoms with Crippen LogP contribution in [0.25, 0.3) is 0 Å². The van der Waals surface area contributed by atoms with Crippen molar-refractivity contribution in [3.8, 4) is 5.75 Å². The Morgan fingerprint density at radius 3 is 2.58 bits per heavy atom. The van der Waals surface area contributed by atoms with Gasteiger partial charge < -0.3 is 4.74 Å². The lowest BCUT2D eigenvalue weighted by Gasteiger charge is -2.11. The van der Waals surface area contributed by atoms with Gasteiger partial charge in [-0.25, -0.2) is 0 Å². The van der Waals surface area contributed by atoms with Gasteiger partial charge in [0.1, 0.15) is 5.75 Å². The van der Waals surface area contributed by atoms with Gasteiger partial charge in [-0.05, 0) is 54.6 Å². The molecule has 0 atom stereocenters. The molecule has 1 aromatic carbocycles. The molecule has 0 spiro atoms. The number of hydrogen-bond acceptors (Lipinski definition) is 1. The average molecular weight is 341 g/mol. The van der Waals surface area contributed by atoms with E-state index >= 15 is 0 Å². The fourth-order valence-electron chi connectivity index (χ4n) is 0.825. The Balaban J connectivity index is 2.86. The molecule has 0 aliphatic rings. The fourth-order valence-corrected chi connectivity index (χ4v) is 2.26. The Kier molecular flexibility index (Phi) is 3.83. The number of ether oxygens (including phenoxy) is 1. The standard InChI is InChI=1S/C9H10BrIO/c1-6(2)12-9-4-3-7(10)5-8(9)11/h3-6H,1-2H3. The zero-order valence-electron chi connectivity index (χ0n) is 6.97. The second-order valence-electron chi connectivity index (χ2n) is 2.74. The normalized spacial score (nSPS) is 10.4. The minimum absolute atomic E-state index is 0.236. The summed E-state index contributed by atoms with van der Waals surface area (Å²) in [5, 5.41) is 0. The van der Waals surface area contributed by atoms with Crippen molar-refractivity contribution in [3.63, 3.8) is 0 Å². The van der Waals surface area contributed by atoms with Gasteiger partial charge >= 0.3 is 0 Å². The lowest BCUT2D eigenvalue weighted by molar-refractivity contribution is 0.240. The molecule has 0 saturated heterocycles. The molecule has 0 heterocycles. The molecule has 0 amide bonds. The maximum Gasteiger partial charge on any atom is 0.133 e. The molecular formula is C9H10BrIO. The Bertz CT molecular complexity index is 273. The van der Waals surface area contributed by atoms with Gasteiger partial charge in [0, 0.05) is 4.47 Å². The fraction of sp³-hybridized carbons (Fsp3) is 0.333. The van der Waals surface area contributed by atoms with E-state index in [4.69, 9.17) is 4.74 Å². The molecule has 0 bridgehead atoms. The molecule has 0 aliphatic carbocycles. The summed E-state index contributed by atoms with van der Waals surface area (Å²) in [5.41, 5.74) is 0. The van der Waals surface area contributed by atoms with E-state index in [0.717, 1.165) is 13.8 Å². The first kappa shape index (κ1) is 10.3. The topological polar surface area (TPSA) is 9.23 Å². The van der Waals surface area contributed by atoms with Gasteiger partial charge in [0.05, 0.1) is 9.67 Å². The van der Waals surface area contributed by atoms with Crippen LogP contribution in [0.3, 0.4) is 0 Å². The van der Waals surface area contributed by atoms with Crippen LogP contribution < -0.4 is 4.74 Å². The Morgan fingerprint density at radius 2 is 2.08 bits per heavy atom. The summed E-state index contributed by atoms with van der Waals surface area (Å²) >= 11 is 5.67. The molecule has 3 heteroatoms. The molecule has 0 aromatic heterocycles. The molecule has 0 radical (unpaired) electrons. The second-order valence-corrected chi connectivity index (χ2v) is 4.82. The van der Waals surface area contributed by atoms with Crippen LogP contribution >= 0.6 is 38.5 Å². The summed E-state index contributed by atoms with van der Waals surface area (Å²) in [6.45, 7) is 4.05. The van der Waals surface area contributed by atoms with Crippen molar-refractivity contribution < 1.29 is 4.74 Å². The zero-order valence-corrected chi connectivity index (χ0v) is 10.7. The first-order valence-electron chi connectivity index (χ1n) is 3.71. The zero-order chi connectivity index (χ0) is 9.14. The summed E-state index contributed by atoms with van der Waals surface area (Å²) in [6, 6.07) is 6.00. The molecule has 1 aromatic rings. The predicted molar refractivity (Wildman–Crippen MR) is 62.6 cm³/mol. The lowest BCUT2D eigenvalue weighted by atomic mass is 10.3. The molecule has 12 heavy (non-hydrogen) atoms. The Hall–Kier alpha value is 0.230. The Labute approximate surface area is 94.8 Å². The van der Waals surface area contributed by atoms with Crippen molar-refractivity contribution in [3.05, 3.63) is 26.2 Å². The van der Waals surface area contributed by atoms with E-state index < -0.39 is 0 Å². The summed E-state index contributed by atoms with van der Waals surface area (Å²) in [4.78, 5) is 0. The largest absolute Gasteiger partial charge is 0.490 e. The number of rotatable bonds is 2. The maximum atomic E-state index is 5.57. The maximum absolute atomic E-state index is 5.57. The minimum atomic E-state index is 0.236. The second kappa shape index (κ2) is 4.46. The van der Waals surface area contributed by atoms with E-state index in [1.165, 1.54) is 0 Å². The molecule has 66 valence electrons. The van der Waals surface area contributed by atoms with E-state index in [-0.39, 0.29) is 6.10 Å². The highest BCUT2D eigenvalue weighted by atomic mass is 127. The van der Waals surface area contributed by atoms with E-state index in [2.05, 4.69) is 38.5 Å². The summed E-state index contributed by atoms with van der Waals surface area (Å²) in [7, 11) is 0. The SMILES string of the molecule is CC(C)Oc1ccc(Br)cc1I. The predicted octanol–water partition coefficient (Wildman–Crippen LogP) is 3.84. The summed E-state index contributed by atoms with van der Waals surface area (Å²) in [5.74, 6) is 0.953. The van der Waals surface area contributed by atoms with Crippen LogP contribution in [0.2, 0.25) is 0 Å². The molecular weight excluding hydrogens is 331 g/mol. The third-order valence-electron chi connectivity index (χ3n) is 1.26. The Morgan fingerprint density at radius 1 is 1.42 bits per heavy atom. The van der Waals surface area contributed by atoms with Crippen LogP contribution in [0.1, 0.15) is 13.8 Å². The molecule has 0 aliphatic heterocycles. The minimum Gasteiger partial charge on any atom is -0.490 e. The van der Waals surface area contributed by atoms with Gasteiger partial charge in [0.15, 0.2) is 0 Å². The first-order valence-corrected chi connectivity index (χ1v) is 5.58. The number of halogens is 2. The quantitative estimate of drug-likeness (QED) is 0.743.